The lowest BCUT2D eigenvalue weighted by atomic mass is 10.1. The third-order valence-corrected chi connectivity index (χ3v) is 4.28. The number of rotatable bonds is 5. The van der Waals surface area contributed by atoms with Crippen LogP contribution in [0.25, 0.3) is 10.9 Å². The number of carbonyl (C=O) groups excluding carboxylic acids is 1. The van der Waals surface area contributed by atoms with Gasteiger partial charge in [-0.3, -0.25) is 9.78 Å². The number of benzene rings is 2. The third kappa shape index (κ3) is 4.22. The van der Waals surface area contributed by atoms with Crippen LogP contribution < -0.4 is 5.32 Å². The fourth-order valence-electron chi connectivity index (χ4n) is 2.54. The van der Waals surface area contributed by atoms with Gasteiger partial charge in [0.15, 0.2) is 0 Å². The molecule has 126 valence electrons. The van der Waals surface area contributed by atoms with Gasteiger partial charge in [-0.2, -0.15) is 0 Å². The molecule has 0 saturated carbocycles. The van der Waals surface area contributed by atoms with Crippen LogP contribution in [-0.2, 0) is 11.2 Å². The van der Waals surface area contributed by atoms with E-state index in [1.54, 1.807) is 6.07 Å². The summed E-state index contributed by atoms with van der Waals surface area (Å²) in [5.74, 6) is -1.54. The Morgan fingerprint density at radius 2 is 1.92 bits per heavy atom. The second-order valence-electron chi connectivity index (χ2n) is 5.62. The van der Waals surface area contributed by atoms with Gasteiger partial charge in [0, 0.05) is 22.5 Å². The van der Waals surface area contributed by atoms with Gasteiger partial charge in [-0.15, -0.1) is 0 Å². The van der Waals surface area contributed by atoms with Crippen LogP contribution in [-0.4, -0.2) is 28.0 Å². The second kappa shape index (κ2) is 7.44. The topological polar surface area (TPSA) is 79.3 Å². The molecule has 0 aliphatic heterocycles. The van der Waals surface area contributed by atoms with Crippen molar-refractivity contribution in [2.45, 2.75) is 12.5 Å². The zero-order valence-corrected chi connectivity index (χ0v) is 14.7. The number of carboxylic acid groups (broad SMARTS) is 1. The molecule has 1 aromatic heterocycles. The van der Waals surface area contributed by atoms with E-state index < -0.39 is 17.9 Å². The molecule has 6 heteroatoms. The number of fused-ring (bicyclic) bond motifs is 1. The first-order valence-electron chi connectivity index (χ1n) is 7.66. The van der Waals surface area contributed by atoms with Crippen molar-refractivity contribution in [2.24, 2.45) is 0 Å². The van der Waals surface area contributed by atoms with Gasteiger partial charge in [0.05, 0.1) is 11.1 Å². The van der Waals surface area contributed by atoms with E-state index in [2.05, 4.69) is 26.2 Å². The minimum atomic E-state index is -1.08. The number of hydrogen-bond acceptors (Lipinski definition) is 3. The number of halogens is 1. The monoisotopic (exact) mass is 398 g/mol. The van der Waals surface area contributed by atoms with Gasteiger partial charge >= 0.3 is 5.97 Å². The normalized spacial score (nSPS) is 11.9. The number of hydrogen-bond donors (Lipinski definition) is 2. The summed E-state index contributed by atoms with van der Waals surface area (Å²) in [5.41, 5.74) is 1.93. The van der Waals surface area contributed by atoms with Crippen LogP contribution in [0.1, 0.15) is 15.9 Å². The van der Waals surface area contributed by atoms with Crippen LogP contribution in [0.15, 0.2) is 65.3 Å². The molecule has 1 heterocycles. The molecule has 0 spiro atoms. The predicted molar refractivity (Wildman–Crippen MR) is 98.5 cm³/mol. The Balaban J connectivity index is 1.78. The molecule has 2 N–H and O–H groups in total. The van der Waals surface area contributed by atoms with Crippen LogP contribution in [0.3, 0.4) is 0 Å². The van der Waals surface area contributed by atoms with Crippen molar-refractivity contribution < 1.29 is 14.7 Å². The van der Waals surface area contributed by atoms with Gasteiger partial charge in [-0.1, -0.05) is 46.3 Å². The first-order valence-corrected chi connectivity index (χ1v) is 8.45. The molecular formula is C19H15BrN2O3. The number of aliphatic carboxylic acids is 1. The van der Waals surface area contributed by atoms with Crippen LogP contribution in [0.5, 0.6) is 0 Å². The Bertz CT molecular complexity index is 943. The molecular weight excluding hydrogens is 384 g/mol. The van der Waals surface area contributed by atoms with Gasteiger partial charge < -0.3 is 10.4 Å². The Hall–Kier alpha value is -2.73. The van der Waals surface area contributed by atoms with E-state index in [0.717, 1.165) is 20.9 Å². The number of aromatic nitrogens is 1. The van der Waals surface area contributed by atoms with Crippen LogP contribution in [0.4, 0.5) is 0 Å². The maximum atomic E-state index is 12.4. The molecule has 3 rings (SSSR count). The van der Waals surface area contributed by atoms with Crippen molar-refractivity contribution in [3.63, 3.8) is 0 Å². The fourth-order valence-corrected chi connectivity index (χ4v) is 2.98. The lowest BCUT2D eigenvalue weighted by Crippen LogP contribution is -2.42. The Kier molecular flexibility index (Phi) is 5.09. The summed E-state index contributed by atoms with van der Waals surface area (Å²) in [4.78, 5) is 28.2. The first-order chi connectivity index (χ1) is 12.0. The zero-order chi connectivity index (χ0) is 17.8. The highest BCUT2D eigenvalue weighted by atomic mass is 79.9. The fraction of sp³-hybridized carbons (Fsp3) is 0.105. The summed E-state index contributed by atoms with van der Waals surface area (Å²) >= 11 is 3.36. The molecule has 0 unspecified atom stereocenters. The Morgan fingerprint density at radius 1 is 1.12 bits per heavy atom. The Morgan fingerprint density at radius 3 is 2.68 bits per heavy atom. The van der Waals surface area contributed by atoms with Crippen molar-refractivity contribution in [3.8, 4) is 0 Å². The second-order valence-corrected chi connectivity index (χ2v) is 6.53. The molecule has 0 fully saturated rings. The maximum Gasteiger partial charge on any atom is 0.326 e. The molecule has 0 saturated heterocycles. The van der Waals surface area contributed by atoms with Gasteiger partial charge in [0.2, 0.25) is 0 Å². The lowest BCUT2D eigenvalue weighted by molar-refractivity contribution is -0.139. The van der Waals surface area contributed by atoms with E-state index in [4.69, 9.17) is 0 Å². The highest BCUT2D eigenvalue weighted by Crippen LogP contribution is 2.15. The standard InChI is InChI=1S/C19H15BrN2O3/c20-15-6-3-4-12(8-15)9-17(19(24)25)22-18(23)14-10-13-5-1-2-7-16(13)21-11-14/h1-8,10-11,17H,9H2,(H,22,23)(H,24,25)/t17-/m1/s1. The van der Waals surface area contributed by atoms with Crippen molar-refractivity contribution in [2.75, 3.05) is 0 Å². The number of carbonyl (C=O) groups is 2. The number of para-hydroxylation sites is 1. The van der Waals surface area contributed by atoms with Crippen molar-refractivity contribution in [3.05, 3.63) is 76.4 Å². The number of carboxylic acids is 1. The molecule has 5 nitrogen and oxygen atoms in total. The van der Waals surface area contributed by atoms with Crippen LogP contribution in [0.2, 0.25) is 0 Å². The van der Waals surface area contributed by atoms with Gasteiger partial charge in [0.1, 0.15) is 6.04 Å². The highest BCUT2D eigenvalue weighted by Gasteiger charge is 2.21. The van der Waals surface area contributed by atoms with E-state index >= 15 is 0 Å². The van der Waals surface area contributed by atoms with Crippen molar-refractivity contribution in [1.82, 2.24) is 10.3 Å². The molecule has 2 aromatic carbocycles. The molecule has 1 amide bonds. The number of amides is 1. The largest absolute Gasteiger partial charge is 0.480 e. The summed E-state index contributed by atoms with van der Waals surface area (Å²) in [6, 6.07) is 15.5. The Labute approximate surface area is 152 Å². The summed E-state index contributed by atoms with van der Waals surface area (Å²) in [6.45, 7) is 0. The molecule has 1 atom stereocenters. The molecule has 0 radical (unpaired) electrons. The molecule has 0 aliphatic carbocycles. The van der Waals surface area contributed by atoms with Gasteiger partial charge in [-0.05, 0) is 29.8 Å². The smallest absolute Gasteiger partial charge is 0.326 e. The third-order valence-electron chi connectivity index (χ3n) is 3.78. The van der Waals surface area contributed by atoms with Crippen LogP contribution >= 0.6 is 15.9 Å². The lowest BCUT2D eigenvalue weighted by Gasteiger charge is -2.15. The summed E-state index contributed by atoms with van der Waals surface area (Å²) < 4.78 is 0.860. The number of nitrogens with one attached hydrogen (secondary N) is 1. The van der Waals surface area contributed by atoms with E-state index in [1.165, 1.54) is 6.20 Å². The average molecular weight is 399 g/mol. The average Bonchev–Trinajstić information content (AvgIpc) is 2.60. The summed E-state index contributed by atoms with van der Waals surface area (Å²) in [5, 5.41) is 12.8. The van der Waals surface area contributed by atoms with E-state index in [-0.39, 0.29) is 6.42 Å². The van der Waals surface area contributed by atoms with Crippen molar-refractivity contribution >= 4 is 38.7 Å². The minimum absolute atomic E-state index is 0.196. The van der Waals surface area contributed by atoms with Crippen LogP contribution in [0, 0.1) is 0 Å². The quantitative estimate of drug-likeness (QED) is 0.689. The van der Waals surface area contributed by atoms with E-state index in [9.17, 15) is 14.7 Å². The predicted octanol–water partition coefficient (Wildman–Crippen LogP) is 3.42. The molecule has 25 heavy (non-hydrogen) atoms. The van der Waals surface area contributed by atoms with E-state index in [1.807, 2.05) is 48.5 Å². The summed E-state index contributed by atoms with van der Waals surface area (Å²) in [7, 11) is 0. The SMILES string of the molecule is O=C(N[C@H](Cc1cccc(Br)c1)C(=O)O)c1cnc2ccccc2c1. The van der Waals surface area contributed by atoms with Gasteiger partial charge in [-0.25, -0.2) is 4.79 Å². The number of pyridine rings is 1. The number of nitrogens with zero attached hydrogens (tertiary/aromatic N) is 1. The summed E-state index contributed by atoms with van der Waals surface area (Å²) in [6.07, 6.45) is 1.65. The highest BCUT2D eigenvalue weighted by molar-refractivity contribution is 9.10. The first kappa shape index (κ1) is 17.1. The van der Waals surface area contributed by atoms with E-state index in [0.29, 0.717) is 5.56 Å². The van der Waals surface area contributed by atoms with Gasteiger partial charge in [0.25, 0.3) is 5.91 Å². The zero-order valence-electron chi connectivity index (χ0n) is 13.1. The molecule has 0 bridgehead atoms. The minimum Gasteiger partial charge on any atom is -0.480 e. The molecule has 3 aromatic rings. The maximum absolute atomic E-state index is 12.4. The van der Waals surface area contributed by atoms with Crippen molar-refractivity contribution in [1.29, 1.82) is 0 Å². The molecule has 0 aliphatic rings.